The molecule has 0 spiro atoms. The minimum atomic E-state index is -0.0428. The van der Waals surface area contributed by atoms with E-state index in [9.17, 15) is 4.79 Å². The lowest BCUT2D eigenvalue weighted by Crippen LogP contribution is -2.49. The fourth-order valence-electron chi connectivity index (χ4n) is 3.63. The molecule has 2 aromatic rings. The van der Waals surface area contributed by atoms with Gasteiger partial charge in [0.15, 0.2) is 5.69 Å². The van der Waals surface area contributed by atoms with Crippen LogP contribution in [0, 0.1) is 0 Å². The highest BCUT2D eigenvalue weighted by molar-refractivity contribution is 5.92. The summed E-state index contributed by atoms with van der Waals surface area (Å²) in [6.07, 6.45) is 4.06. The molecule has 3 heterocycles. The number of hydrogen-bond donors (Lipinski definition) is 0. The highest BCUT2D eigenvalue weighted by Gasteiger charge is 2.25. The van der Waals surface area contributed by atoms with E-state index in [0.717, 1.165) is 44.8 Å². The van der Waals surface area contributed by atoms with Crippen LogP contribution in [0.2, 0.25) is 0 Å². The van der Waals surface area contributed by atoms with E-state index in [-0.39, 0.29) is 12.0 Å². The molecule has 1 aromatic carbocycles. The van der Waals surface area contributed by atoms with Crippen molar-refractivity contribution < 1.29 is 14.3 Å². The molecule has 1 atom stereocenters. The third-order valence-corrected chi connectivity index (χ3v) is 5.25. The van der Waals surface area contributed by atoms with Crippen molar-refractivity contribution >= 4 is 5.91 Å². The van der Waals surface area contributed by atoms with E-state index in [2.05, 4.69) is 15.2 Å². The molecule has 0 radical (unpaired) electrons. The summed E-state index contributed by atoms with van der Waals surface area (Å²) in [5.74, 6) is 0.848. The summed E-state index contributed by atoms with van der Waals surface area (Å²) < 4.78 is 13.1. The number of benzene rings is 1. The molecule has 2 saturated heterocycles. The molecule has 0 bridgehead atoms. The third kappa shape index (κ3) is 4.88. The number of ether oxygens (including phenoxy) is 2. The van der Waals surface area contributed by atoms with Crippen LogP contribution in [0.15, 0.2) is 36.5 Å². The van der Waals surface area contributed by atoms with Crippen LogP contribution >= 0.6 is 0 Å². The normalized spacial score (nSPS) is 20.4. The zero-order chi connectivity index (χ0) is 19.2. The molecular weight excluding hydrogens is 358 g/mol. The van der Waals surface area contributed by atoms with Gasteiger partial charge in [-0.05, 0) is 25.0 Å². The van der Waals surface area contributed by atoms with Crippen molar-refractivity contribution in [2.75, 3.05) is 45.9 Å². The third-order valence-electron chi connectivity index (χ3n) is 5.25. The van der Waals surface area contributed by atoms with Gasteiger partial charge in [-0.2, -0.15) is 0 Å². The highest BCUT2D eigenvalue weighted by Crippen LogP contribution is 2.14. The van der Waals surface area contributed by atoms with Crippen molar-refractivity contribution in [3.8, 4) is 5.75 Å². The van der Waals surface area contributed by atoms with Crippen molar-refractivity contribution in [3.63, 3.8) is 0 Å². The number of nitrogens with zero attached hydrogens (tertiary/aromatic N) is 5. The average Bonchev–Trinajstić information content (AvgIpc) is 3.41. The van der Waals surface area contributed by atoms with Gasteiger partial charge in [-0.15, -0.1) is 5.10 Å². The van der Waals surface area contributed by atoms with Crippen molar-refractivity contribution in [2.45, 2.75) is 25.5 Å². The van der Waals surface area contributed by atoms with Crippen molar-refractivity contribution in [2.24, 2.45) is 0 Å². The SMILES string of the molecule is O=C(c1cn(C[C@@H]2CCCO2)nn1)N1CCN(CCOc2ccccc2)CC1. The molecule has 2 aliphatic heterocycles. The highest BCUT2D eigenvalue weighted by atomic mass is 16.5. The van der Waals surface area contributed by atoms with E-state index < -0.39 is 0 Å². The monoisotopic (exact) mass is 385 g/mol. The van der Waals surface area contributed by atoms with Gasteiger partial charge >= 0.3 is 0 Å². The van der Waals surface area contributed by atoms with E-state index in [1.54, 1.807) is 10.9 Å². The minimum absolute atomic E-state index is 0.0428. The van der Waals surface area contributed by atoms with Crippen LogP contribution in [-0.4, -0.2) is 82.7 Å². The summed E-state index contributed by atoms with van der Waals surface area (Å²) in [4.78, 5) is 16.9. The van der Waals surface area contributed by atoms with Crippen LogP contribution in [0.25, 0.3) is 0 Å². The Bertz CT molecular complexity index is 752. The van der Waals surface area contributed by atoms with Crippen molar-refractivity contribution in [1.82, 2.24) is 24.8 Å². The maximum atomic E-state index is 12.7. The van der Waals surface area contributed by atoms with E-state index >= 15 is 0 Å². The van der Waals surface area contributed by atoms with Crippen molar-refractivity contribution in [1.29, 1.82) is 0 Å². The lowest BCUT2D eigenvalue weighted by molar-refractivity contribution is 0.0614. The Balaban J connectivity index is 1.20. The molecule has 1 amide bonds. The Morgan fingerprint density at radius 1 is 1.18 bits per heavy atom. The summed E-state index contributed by atoms with van der Waals surface area (Å²) in [7, 11) is 0. The first kappa shape index (κ1) is 18.9. The zero-order valence-electron chi connectivity index (χ0n) is 16.1. The van der Waals surface area contributed by atoms with Gasteiger partial charge in [-0.1, -0.05) is 23.4 Å². The Morgan fingerprint density at radius 2 is 2.00 bits per heavy atom. The minimum Gasteiger partial charge on any atom is -0.492 e. The van der Waals surface area contributed by atoms with Gasteiger partial charge in [0, 0.05) is 39.3 Å². The quantitative estimate of drug-likeness (QED) is 0.715. The van der Waals surface area contributed by atoms with Crippen LogP contribution in [0.4, 0.5) is 0 Å². The average molecular weight is 385 g/mol. The van der Waals surface area contributed by atoms with Crippen LogP contribution in [0.1, 0.15) is 23.3 Å². The fraction of sp³-hybridized carbons (Fsp3) is 0.550. The Kier molecular flexibility index (Phi) is 6.18. The van der Waals surface area contributed by atoms with Gasteiger partial charge in [0.25, 0.3) is 5.91 Å². The summed E-state index contributed by atoms with van der Waals surface area (Å²) in [6.45, 7) is 6.05. The van der Waals surface area contributed by atoms with Crippen LogP contribution in [-0.2, 0) is 11.3 Å². The summed E-state index contributed by atoms with van der Waals surface area (Å²) >= 11 is 0. The van der Waals surface area contributed by atoms with E-state index in [1.165, 1.54) is 0 Å². The van der Waals surface area contributed by atoms with Crippen LogP contribution in [0.5, 0.6) is 5.75 Å². The number of piperazine rings is 1. The van der Waals surface area contributed by atoms with Gasteiger partial charge in [0.05, 0.1) is 18.8 Å². The first-order chi connectivity index (χ1) is 13.8. The van der Waals surface area contributed by atoms with E-state index in [4.69, 9.17) is 9.47 Å². The van der Waals surface area contributed by atoms with Gasteiger partial charge in [0.2, 0.25) is 0 Å². The topological polar surface area (TPSA) is 72.7 Å². The predicted molar refractivity (Wildman–Crippen MR) is 103 cm³/mol. The molecule has 4 rings (SSSR count). The second-order valence-electron chi connectivity index (χ2n) is 7.26. The Hall–Kier alpha value is -2.45. The van der Waals surface area contributed by atoms with Gasteiger partial charge in [0.1, 0.15) is 12.4 Å². The molecule has 2 aliphatic rings. The van der Waals surface area contributed by atoms with E-state index in [0.29, 0.717) is 31.9 Å². The standard InChI is InChI=1S/C20H27N5O3/c26-20(19-16-25(22-21-19)15-18-7-4-13-27-18)24-10-8-23(9-11-24)12-14-28-17-5-2-1-3-6-17/h1-3,5-6,16,18H,4,7-15H2/t18-/m0/s1. The predicted octanol–water partition coefficient (Wildman–Crippen LogP) is 1.29. The second kappa shape index (κ2) is 9.16. The molecule has 1 aromatic heterocycles. The number of para-hydroxylation sites is 1. The summed E-state index contributed by atoms with van der Waals surface area (Å²) in [6, 6.07) is 9.84. The molecule has 8 heteroatoms. The smallest absolute Gasteiger partial charge is 0.276 e. The van der Waals surface area contributed by atoms with Crippen LogP contribution < -0.4 is 4.74 Å². The van der Waals surface area contributed by atoms with Crippen molar-refractivity contribution in [3.05, 3.63) is 42.2 Å². The maximum Gasteiger partial charge on any atom is 0.276 e. The van der Waals surface area contributed by atoms with Gasteiger partial charge in [-0.3, -0.25) is 9.69 Å². The van der Waals surface area contributed by atoms with Gasteiger partial charge in [-0.25, -0.2) is 4.68 Å². The molecule has 2 fully saturated rings. The number of carbonyl (C=O) groups is 1. The molecule has 0 unspecified atom stereocenters. The number of aromatic nitrogens is 3. The number of amides is 1. The first-order valence-electron chi connectivity index (χ1n) is 9.99. The number of carbonyl (C=O) groups excluding carboxylic acids is 1. The van der Waals surface area contributed by atoms with Gasteiger partial charge < -0.3 is 14.4 Å². The molecule has 150 valence electrons. The lowest BCUT2D eigenvalue weighted by atomic mass is 10.2. The molecule has 0 aliphatic carbocycles. The van der Waals surface area contributed by atoms with E-state index in [1.807, 2.05) is 35.2 Å². The number of rotatable bonds is 7. The summed E-state index contributed by atoms with van der Waals surface area (Å²) in [5.41, 5.74) is 0.416. The largest absolute Gasteiger partial charge is 0.492 e. The summed E-state index contributed by atoms with van der Waals surface area (Å²) in [5, 5.41) is 8.16. The fourth-order valence-corrected chi connectivity index (χ4v) is 3.63. The Labute approximate surface area is 165 Å². The first-order valence-corrected chi connectivity index (χ1v) is 9.99. The molecule has 0 saturated carbocycles. The molecule has 28 heavy (non-hydrogen) atoms. The lowest BCUT2D eigenvalue weighted by Gasteiger charge is -2.34. The molecular formula is C20H27N5O3. The molecule has 8 nitrogen and oxygen atoms in total. The number of hydrogen-bond acceptors (Lipinski definition) is 6. The Morgan fingerprint density at radius 3 is 2.75 bits per heavy atom. The second-order valence-corrected chi connectivity index (χ2v) is 7.26. The maximum absolute atomic E-state index is 12.7. The molecule has 0 N–H and O–H groups in total. The zero-order valence-corrected chi connectivity index (χ0v) is 16.1. The van der Waals surface area contributed by atoms with Crippen LogP contribution in [0.3, 0.4) is 0 Å².